The summed E-state index contributed by atoms with van der Waals surface area (Å²) in [4.78, 5) is 10.7. The summed E-state index contributed by atoms with van der Waals surface area (Å²) in [6.07, 6.45) is 0. The maximum atomic E-state index is 10.7. The van der Waals surface area contributed by atoms with E-state index in [1.807, 2.05) is 36.4 Å². The van der Waals surface area contributed by atoms with Crippen molar-refractivity contribution >= 4 is 27.9 Å². The minimum absolute atomic E-state index is 0.0159. The minimum atomic E-state index is -1.06. The summed E-state index contributed by atoms with van der Waals surface area (Å²) in [5.74, 6) is -0.466. The number of benzene rings is 2. The van der Waals surface area contributed by atoms with Gasteiger partial charge in [-0.1, -0.05) is 24.8 Å². The molecule has 3 aromatic rings. The quantitative estimate of drug-likeness (QED) is 0.734. The summed E-state index contributed by atoms with van der Waals surface area (Å²) in [6.45, 7) is 3.38. The molecule has 1 N–H and O–H groups in total. The summed E-state index contributed by atoms with van der Waals surface area (Å²) in [6, 6.07) is 13.1. The number of aliphatic carboxylic acids is 1. The van der Waals surface area contributed by atoms with E-state index in [0.717, 1.165) is 21.9 Å². The highest BCUT2D eigenvalue weighted by atomic mass is 16.5. The van der Waals surface area contributed by atoms with Gasteiger partial charge in [0, 0.05) is 10.8 Å². The number of rotatable bonds is 4. The van der Waals surface area contributed by atoms with Crippen LogP contribution in [0.1, 0.15) is 0 Å². The topological polar surface area (TPSA) is 59.7 Å². The Balaban J connectivity index is 1.95. The maximum absolute atomic E-state index is 10.7. The molecule has 4 nitrogen and oxygen atoms in total. The third-order valence-electron chi connectivity index (χ3n) is 3.06. The highest BCUT2D eigenvalue weighted by Crippen LogP contribution is 2.31. The molecule has 0 aliphatic rings. The Labute approximate surface area is 114 Å². The predicted molar refractivity (Wildman–Crippen MR) is 76.0 cm³/mol. The molecule has 4 heteroatoms. The first-order valence-corrected chi connectivity index (χ1v) is 6.10. The van der Waals surface area contributed by atoms with Crippen molar-refractivity contribution in [3.05, 3.63) is 54.6 Å². The zero-order chi connectivity index (χ0) is 14.1. The van der Waals surface area contributed by atoms with E-state index in [-0.39, 0.29) is 12.2 Å². The molecular formula is C16H12O4. The van der Waals surface area contributed by atoms with E-state index >= 15 is 0 Å². The van der Waals surface area contributed by atoms with Crippen LogP contribution >= 0.6 is 0 Å². The lowest BCUT2D eigenvalue weighted by Gasteiger charge is -2.05. The lowest BCUT2D eigenvalue weighted by molar-refractivity contribution is -0.133. The van der Waals surface area contributed by atoms with Gasteiger partial charge in [0.2, 0.25) is 0 Å². The van der Waals surface area contributed by atoms with Gasteiger partial charge in [0.15, 0.2) is 0 Å². The molecule has 1 heterocycles. The molecule has 0 unspecified atom stereocenters. The van der Waals surface area contributed by atoms with Crippen molar-refractivity contribution in [3.63, 3.8) is 0 Å². The number of carboxylic acids is 1. The van der Waals surface area contributed by atoms with Crippen LogP contribution in [-0.2, 0) is 4.79 Å². The highest BCUT2D eigenvalue weighted by molar-refractivity contribution is 6.05. The highest BCUT2D eigenvalue weighted by Gasteiger charge is 2.09. The Morgan fingerprint density at radius 1 is 1.15 bits per heavy atom. The van der Waals surface area contributed by atoms with Crippen LogP contribution in [0.4, 0.5) is 0 Å². The first-order valence-electron chi connectivity index (χ1n) is 6.10. The van der Waals surface area contributed by atoms with Gasteiger partial charge in [0.1, 0.15) is 23.5 Å². The molecule has 0 fully saturated rings. The van der Waals surface area contributed by atoms with Crippen LogP contribution in [0.3, 0.4) is 0 Å². The van der Waals surface area contributed by atoms with Crippen LogP contribution < -0.4 is 4.74 Å². The molecule has 20 heavy (non-hydrogen) atoms. The third kappa shape index (κ3) is 2.12. The number of hydrogen-bond donors (Lipinski definition) is 1. The van der Waals surface area contributed by atoms with Gasteiger partial charge in [-0.3, -0.25) is 0 Å². The molecule has 0 saturated heterocycles. The molecule has 0 amide bonds. The first kappa shape index (κ1) is 12.3. The van der Waals surface area contributed by atoms with Crippen molar-refractivity contribution in [2.45, 2.75) is 0 Å². The lowest BCUT2D eigenvalue weighted by Crippen LogP contribution is -2.08. The van der Waals surface area contributed by atoms with Gasteiger partial charge in [-0.2, -0.15) is 0 Å². The molecule has 0 bridgehead atoms. The van der Waals surface area contributed by atoms with Crippen LogP contribution in [0.25, 0.3) is 21.9 Å². The average Bonchev–Trinajstić information content (AvgIpc) is 2.82. The van der Waals surface area contributed by atoms with E-state index in [0.29, 0.717) is 5.75 Å². The van der Waals surface area contributed by atoms with Gasteiger partial charge in [-0.05, 0) is 24.3 Å². The zero-order valence-electron chi connectivity index (χ0n) is 10.6. The van der Waals surface area contributed by atoms with Gasteiger partial charge >= 0.3 is 5.97 Å². The Kier molecular flexibility index (Phi) is 2.91. The number of carbonyl (C=O) groups is 1. The Bertz CT molecular complexity index is 814. The summed E-state index contributed by atoms with van der Waals surface area (Å²) >= 11 is 0. The molecule has 1 aromatic heterocycles. The van der Waals surface area contributed by atoms with E-state index in [9.17, 15) is 4.79 Å². The zero-order valence-corrected chi connectivity index (χ0v) is 10.6. The average molecular weight is 268 g/mol. The van der Waals surface area contributed by atoms with Gasteiger partial charge in [0.25, 0.3) is 0 Å². The second-order valence-electron chi connectivity index (χ2n) is 4.45. The minimum Gasteiger partial charge on any atom is -0.489 e. The van der Waals surface area contributed by atoms with Crippen molar-refractivity contribution in [2.75, 3.05) is 6.61 Å². The van der Waals surface area contributed by atoms with Gasteiger partial charge in [-0.15, -0.1) is 0 Å². The molecule has 0 spiro atoms. The van der Waals surface area contributed by atoms with Crippen molar-refractivity contribution in [2.24, 2.45) is 0 Å². The van der Waals surface area contributed by atoms with Crippen molar-refractivity contribution in [3.8, 4) is 5.75 Å². The van der Waals surface area contributed by atoms with Crippen LogP contribution in [0.15, 0.2) is 59.0 Å². The monoisotopic (exact) mass is 268 g/mol. The number of furan rings is 1. The maximum Gasteiger partial charge on any atom is 0.334 e. The molecule has 0 aliphatic carbocycles. The van der Waals surface area contributed by atoms with Crippen molar-refractivity contribution in [1.29, 1.82) is 0 Å². The normalized spacial score (nSPS) is 10.8. The van der Waals surface area contributed by atoms with Crippen LogP contribution in [0.2, 0.25) is 0 Å². The van der Waals surface area contributed by atoms with Crippen molar-refractivity contribution in [1.82, 2.24) is 0 Å². The number of ether oxygens (including phenoxy) is 1. The fourth-order valence-electron chi connectivity index (χ4n) is 2.03. The summed E-state index contributed by atoms with van der Waals surface area (Å²) < 4.78 is 11.1. The summed E-state index contributed by atoms with van der Waals surface area (Å²) in [5, 5.41) is 10.7. The third-order valence-corrected chi connectivity index (χ3v) is 3.06. The first-order chi connectivity index (χ1) is 9.65. The second kappa shape index (κ2) is 4.74. The van der Waals surface area contributed by atoms with E-state index in [4.69, 9.17) is 14.3 Å². The summed E-state index contributed by atoms with van der Waals surface area (Å²) in [7, 11) is 0. The van der Waals surface area contributed by atoms with E-state index in [1.165, 1.54) is 0 Å². The van der Waals surface area contributed by atoms with E-state index in [1.54, 1.807) is 6.07 Å². The smallest absolute Gasteiger partial charge is 0.334 e. The largest absolute Gasteiger partial charge is 0.489 e. The van der Waals surface area contributed by atoms with E-state index < -0.39 is 5.97 Å². The van der Waals surface area contributed by atoms with Crippen LogP contribution in [0, 0.1) is 0 Å². The van der Waals surface area contributed by atoms with Crippen molar-refractivity contribution < 1.29 is 19.1 Å². The molecule has 2 aromatic carbocycles. The number of hydrogen-bond acceptors (Lipinski definition) is 3. The van der Waals surface area contributed by atoms with E-state index in [2.05, 4.69) is 6.58 Å². The Morgan fingerprint density at radius 3 is 2.70 bits per heavy atom. The predicted octanol–water partition coefficient (Wildman–Crippen LogP) is 3.61. The van der Waals surface area contributed by atoms with Gasteiger partial charge in [-0.25, -0.2) is 4.79 Å². The second-order valence-corrected chi connectivity index (χ2v) is 4.45. The number of para-hydroxylation sites is 1. The summed E-state index contributed by atoms with van der Waals surface area (Å²) in [5.41, 5.74) is 1.60. The number of fused-ring (bicyclic) bond motifs is 3. The molecule has 0 atom stereocenters. The molecular weight excluding hydrogens is 256 g/mol. The lowest BCUT2D eigenvalue weighted by atomic mass is 10.1. The Morgan fingerprint density at radius 2 is 1.90 bits per heavy atom. The van der Waals surface area contributed by atoms with Crippen LogP contribution in [-0.4, -0.2) is 17.7 Å². The Hall–Kier alpha value is -2.75. The molecule has 0 radical (unpaired) electrons. The molecule has 3 rings (SSSR count). The molecule has 0 saturated carbocycles. The molecule has 0 aliphatic heterocycles. The standard InChI is InChI=1S/C16H12O4/c1-10(16(17)18)9-19-11-6-7-15-13(8-11)12-4-2-3-5-14(12)20-15/h2-8H,1,9H2,(H,17,18). The molecule has 100 valence electrons. The van der Waals surface area contributed by atoms with Crippen LogP contribution in [0.5, 0.6) is 5.75 Å². The van der Waals surface area contributed by atoms with Gasteiger partial charge < -0.3 is 14.3 Å². The van der Waals surface area contributed by atoms with Gasteiger partial charge in [0.05, 0.1) is 5.57 Å². The fraction of sp³-hybridized carbons (Fsp3) is 0.0625. The SMILES string of the molecule is C=C(COc1ccc2oc3ccccc3c2c1)C(=O)O. The number of carboxylic acid groups (broad SMARTS) is 1. The fourth-order valence-corrected chi connectivity index (χ4v) is 2.03.